The number of aliphatic carboxylic acids is 1. The Labute approximate surface area is 126 Å². The number of carbonyl (C=O) groups is 1. The van der Waals surface area contributed by atoms with E-state index in [1.807, 2.05) is 42.5 Å². The third kappa shape index (κ3) is 7.92. The molecule has 0 saturated heterocycles. The van der Waals surface area contributed by atoms with Crippen molar-refractivity contribution in [3.63, 3.8) is 0 Å². The average Bonchev–Trinajstić information content (AvgIpc) is 2.49. The number of nitrogens with zero attached hydrogens (tertiary/aromatic N) is 1. The van der Waals surface area contributed by atoms with Crippen molar-refractivity contribution < 1.29 is 14.7 Å². The zero-order valence-electron chi connectivity index (χ0n) is 12.5. The fourth-order valence-corrected chi connectivity index (χ4v) is 1.82. The van der Waals surface area contributed by atoms with Gasteiger partial charge in [-0.3, -0.25) is 0 Å². The van der Waals surface area contributed by atoms with Crippen LogP contribution in [-0.4, -0.2) is 23.4 Å². The molecule has 0 aromatic heterocycles. The Balaban J connectivity index is 2.33. The van der Waals surface area contributed by atoms with Crippen LogP contribution < -0.4 is 0 Å². The maximum Gasteiger partial charge on any atom is 0.353 e. The van der Waals surface area contributed by atoms with Crippen molar-refractivity contribution in [1.82, 2.24) is 0 Å². The SMILES string of the molecule is CCCCCCC(=NOCC=Cc1ccccc1)C(=O)O. The summed E-state index contributed by atoms with van der Waals surface area (Å²) in [6.45, 7) is 2.38. The van der Waals surface area contributed by atoms with Crippen LogP contribution in [0.2, 0.25) is 0 Å². The van der Waals surface area contributed by atoms with Crippen molar-refractivity contribution in [2.24, 2.45) is 5.16 Å². The van der Waals surface area contributed by atoms with Crippen LogP contribution in [0.25, 0.3) is 6.08 Å². The van der Waals surface area contributed by atoms with E-state index in [1.165, 1.54) is 0 Å². The number of unbranched alkanes of at least 4 members (excludes halogenated alkanes) is 3. The van der Waals surface area contributed by atoms with Crippen molar-refractivity contribution in [3.05, 3.63) is 42.0 Å². The first-order valence-electron chi connectivity index (χ1n) is 7.37. The normalized spacial score (nSPS) is 11.8. The molecule has 1 rings (SSSR count). The lowest BCUT2D eigenvalue weighted by molar-refractivity contribution is -0.129. The van der Waals surface area contributed by atoms with Crippen LogP contribution in [0.1, 0.15) is 44.6 Å². The van der Waals surface area contributed by atoms with Gasteiger partial charge in [-0.25, -0.2) is 4.79 Å². The Kier molecular flexibility index (Phi) is 8.61. The molecule has 4 heteroatoms. The summed E-state index contributed by atoms with van der Waals surface area (Å²) < 4.78 is 0. The molecule has 0 unspecified atom stereocenters. The highest BCUT2D eigenvalue weighted by atomic mass is 16.6. The second-order valence-electron chi connectivity index (χ2n) is 4.76. The Morgan fingerprint density at radius 1 is 1.24 bits per heavy atom. The van der Waals surface area contributed by atoms with Gasteiger partial charge in [0, 0.05) is 6.42 Å². The lowest BCUT2D eigenvalue weighted by Crippen LogP contribution is -2.13. The van der Waals surface area contributed by atoms with E-state index >= 15 is 0 Å². The number of carboxylic acids is 1. The van der Waals surface area contributed by atoms with Crippen molar-refractivity contribution >= 4 is 17.8 Å². The van der Waals surface area contributed by atoms with E-state index < -0.39 is 5.97 Å². The van der Waals surface area contributed by atoms with E-state index in [9.17, 15) is 4.79 Å². The lowest BCUT2D eigenvalue weighted by atomic mass is 10.1. The summed E-state index contributed by atoms with van der Waals surface area (Å²) in [5, 5.41) is 12.8. The molecule has 0 aliphatic rings. The zero-order valence-corrected chi connectivity index (χ0v) is 12.5. The number of carboxylic acid groups (broad SMARTS) is 1. The summed E-state index contributed by atoms with van der Waals surface area (Å²) in [6, 6.07) is 9.83. The van der Waals surface area contributed by atoms with E-state index in [-0.39, 0.29) is 12.3 Å². The van der Waals surface area contributed by atoms with Gasteiger partial charge in [0.25, 0.3) is 0 Å². The molecule has 0 atom stereocenters. The van der Waals surface area contributed by atoms with Crippen molar-refractivity contribution in [2.75, 3.05) is 6.61 Å². The molecule has 21 heavy (non-hydrogen) atoms. The molecule has 0 aliphatic heterocycles. The Hall–Kier alpha value is -2.10. The number of benzene rings is 1. The third-order valence-corrected chi connectivity index (χ3v) is 2.97. The van der Waals surface area contributed by atoms with Gasteiger partial charge in [-0.05, 0) is 18.1 Å². The molecule has 0 saturated carbocycles. The van der Waals surface area contributed by atoms with Crippen LogP contribution >= 0.6 is 0 Å². The molecule has 0 spiro atoms. The van der Waals surface area contributed by atoms with Gasteiger partial charge in [0.1, 0.15) is 6.61 Å². The van der Waals surface area contributed by atoms with Crippen LogP contribution in [0.4, 0.5) is 0 Å². The van der Waals surface area contributed by atoms with Crippen LogP contribution in [-0.2, 0) is 9.63 Å². The molecule has 114 valence electrons. The standard InChI is InChI=1S/C17H23NO3/c1-2-3-4-8-13-16(17(19)20)18-21-14-9-12-15-10-6-5-7-11-15/h5-7,9-12H,2-4,8,13-14H2,1H3,(H,19,20). The Morgan fingerprint density at radius 2 is 2.00 bits per heavy atom. The molecule has 0 bridgehead atoms. The van der Waals surface area contributed by atoms with Gasteiger partial charge < -0.3 is 9.94 Å². The molecule has 1 aromatic carbocycles. The van der Waals surface area contributed by atoms with Gasteiger partial charge in [-0.15, -0.1) is 0 Å². The summed E-state index contributed by atoms with van der Waals surface area (Å²) in [6.07, 6.45) is 8.29. The number of oxime groups is 1. The van der Waals surface area contributed by atoms with Gasteiger partial charge in [-0.1, -0.05) is 67.7 Å². The van der Waals surface area contributed by atoms with Crippen molar-refractivity contribution in [1.29, 1.82) is 0 Å². The molecule has 0 heterocycles. The van der Waals surface area contributed by atoms with Crippen molar-refractivity contribution in [2.45, 2.75) is 39.0 Å². The molecule has 0 aliphatic carbocycles. The van der Waals surface area contributed by atoms with Crippen LogP contribution in [0, 0.1) is 0 Å². The van der Waals surface area contributed by atoms with Gasteiger partial charge in [-0.2, -0.15) is 0 Å². The molecule has 4 nitrogen and oxygen atoms in total. The zero-order chi connectivity index (χ0) is 15.3. The lowest BCUT2D eigenvalue weighted by Gasteiger charge is -2.01. The first kappa shape index (κ1) is 17.0. The predicted molar refractivity (Wildman–Crippen MR) is 85.3 cm³/mol. The topological polar surface area (TPSA) is 58.9 Å². The minimum Gasteiger partial charge on any atom is -0.477 e. The molecule has 0 amide bonds. The van der Waals surface area contributed by atoms with E-state index in [0.717, 1.165) is 31.2 Å². The first-order valence-corrected chi connectivity index (χ1v) is 7.37. The highest BCUT2D eigenvalue weighted by Gasteiger charge is 2.09. The number of rotatable bonds is 10. The molecule has 0 fully saturated rings. The van der Waals surface area contributed by atoms with Gasteiger partial charge in [0.15, 0.2) is 5.71 Å². The minimum absolute atomic E-state index is 0.0965. The second-order valence-corrected chi connectivity index (χ2v) is 4.76. The third-order valence-electron chi connectivity index (χ3n) is 2.97. The molecule has 0 radical (unpaired) electrons. The Bertz CT molecular complexity index is 466. The summed E-state index contributed by atoms with van der Waals surface area (Å²) in [5.41, 5.74) is 1.17. The quantitative estimate of drug-likeness (QED) is 0.400. The molecule has 1 aromatic rings. The fraction of sp³-hybridized carbons (Fsp3) is 0.412. The van der Waals surface area contributed by atoms with Crippen LogP contribution in [0.3, 0.4) is 0 Å². The van der Waals surface area contributed by atoms with Gasteiger partial charge >= 0.3 is 5.97 Å². The highest BCUT2D eigenvalue weighted by molar-refractivity contribution is 6.35. The van der Waals surface area contributed by atoms with Gasteiger partial charge in [0.05, 0.1) is 0 Å². The summed E-state index contributed by atoms with van der Waals surface area (Å²) >= 11 is 0. The van der Waals surface area contributed by atoms with Crippen LogP contribution in [0.5, 0.6) is 0 Å². The predicted octanol–water partition coefficient (Wildman–Crippen LogP) is 4.13. The highest BCUT2D eigenvalue weighted by Crippen LogP contribution is 2.05. The van der Waals surface area contributed by atoms with E-state index in [4.69, 9.17) is 9.94 Å². The maximum absolute atomic E-state index is 11.0. The Morgan fingerprint density at radius 3 is 2.67 bits per heavy atom. The average molecular weight is 289 g/mol. The molecular weight excluding hydrogens is 266 g/mol. The largest absolute Gasteiger partial charge is 0.477 e. The molecule has 1 N–H and O–H groups in total. The van der Waals surface area contributed by atoms with Crippen LogP contribution in [0.15, 0.2) is 41.6 Å². The van der Waals surface area contributed by atoms with E-state index in [0.29, 0.717) is 6.42 Å². The smallest absolute Gasteiger partial charge is 0.353 e. The maximum atomic E-state index is 11.0. The monoisotopic (exact) mass is 289 g/mol. The molecular formula is C17H23NO3. The summed E-state index contributed by atoms with van der Waals surface area (Å²) in [5.74, 6) is -1.00. The number of hydrogen-bond donors (Lipinski definition) is 1. The second kappa shape index (κ2) is 10.7. The summed E-state index contributed by atoms with van der Waals surface area (Å²) in [4.78, 5) is 16.1. The fourth-order valence-electron chi connectivity index (χ4n) is 1.82. The van der Waals surface area contributed by atoms with E-state index in [2.05, 4.69) is 12.1 Å². The summed E-state index contributed by atoms with van der Waals surface area (Å²) in [7, 11) is 0. The first-order chi connectivity index (χ1) is 10.2. The van der Waals surface area contributed by atoms with E-state index in [1.54, 1.807) is 0 Å². The van der Waals surface area contributed by atoms with Crippen molar-refractivity contribution in [3.8, 4) is 0 Å². The number of hydrogen-bond acceptors (Lipinski definition) is 3. The van der Waals surface area contributed by atoms with Gasteiger partial charge in [0.2, 0.25) is 0 Å². The minimum atomic E-state index is -1.00.